The number of nitrogens with one attached hydrogen (secondary N) is 1. The molecular formula is C23H24N4O2. The summed E-state index contributed by atoms with van der Waals surface area (Å²) in [7, 11) is 0. The number of carbonyl (C=O) groups is 2. The Morgan fingerprint density at radius 1 is 1.10 bits per heavy atom. The zero-order chi connectivity index (χ0) is 20.4. The van der Waals surface area contributed by atoms with Gasteiger partial charge in [0.2, 0.25) is 0 Å². The Hall–Kier alpha value is -3.41. The van der Waals surface area contributed by atoms with Gasteiger partial charge in [-0.25, -0.2) is 4.98 Å². The number of rotatable bonds is 5. The van der Waals surface area contributed by atoms with Crippen molar-refractivity contribution in [2.45, 2.75) is 33.5 Å². The molecule has 1 aromatic heterocycles. The molecule has 2 heterocycles. The summed E-state index contributed by atoms with van der Waals surface area (Å²) in [5, 5.41) is 2.92. The Morgan fingerprint density at radius 2 is 1.90 bits per heavy atom. The first kappa shape index (κ1) is 18.9. The molecule has 3 aromatic rings. The van der Waals surface area contributed by atoms with Crippen molar-refractivity contribution < 1.29 is 9.59 Å². The van der Waals surface area contributed by atoms with E-state index in [9.17, 15) is 9.59 Å². The standard InChI is InChI=1S/C23H24N4O2/c1-16-8-9-17(2)19(12-16)13-24-22(28)20-15-26-10-11-27(23(29)21(26)25-20)14-18-6-4-3-5-7-18/h3-9,12,15H,10-11,13-14H2,1-2H3,(H,24,28). The second kappa shape index (κ2) is 7.91. The van der Waals surface area contributed by atoms with Gasteiger partial charge in [0.25, 0.3) is 11.8 Å². The topological polar surface area (TPSA) is 67.2 Å². The number of hydrogen-bond donors (Lipinski definition) is 1. The highest BCUT2D eigenvalue weighted by Crippen LogP contribution is 2.16. The lowest BCUT2D eigenvalue weighted by Crippen LogP contribution is -2.39. The number of aryl methyl sites for hydroxylation is 2. The van der Waals surface area contributed by atoms with Crippen LogP contribution in [0.25, 0.3) is 0 Å². The quantitative estimate of drug-likeness (QED) is 0.730. The molecule has 0 unspecified atom stereocenters. The molecule has 0 fully saturated rings. The molecule has 2 amide bonds. The first-order chi connectivity index (χ1) is 14.0. The van der Waals surface area contributed by atoms with E-state index in [4.69, 9.17) is 0 Å². The second-order valence-corrected chi connectivity index (χ2v) is 7.47. The Labute approximate surface area is 170 Å². The highest BCUT2D eigenvalue weighted by molar-refractivity contribution is 5.96. The summed E-state index contributed by atoms with van der Waals surface area (Å²) in [4.78, 5) is 31.5. The predicted molar refractivity (Wildman–Crippen MR) is 110 cm³/mol. The molecule has 2 aromatic carbocycles. The predicted octanol–water partition coefficient (Wildman–Crippen LogP) is 3.09. The highest BCUT2D eigenvalue weighted by Gasteiger charge is 2.28. The van der Waals surface area contributed by atoms with Crippen LogP contribution in [0.15, 0.2) is 54.7 Å². The first-order valence-corrected chi connectivity index (χ1v) is 9.76. The first-order valence-electron chi connectivity index (χ1n) is 9.76. The molecule has 0 saturated carbocycles. The number of benzene rings is 2. The molecule has 6 nitrogen and oxygen atoms in total. The van der Waals surface area contributed by atoms with Gasteiger partial charge in [-0.3, -0.25) is 9.59 Å². The zero-order valence-electron chi connectivity index (χ0n) is 16.7. The number of amides is 2. The second-order valence-electron chi connectivity index (χ2n) is 7.47. The van der Waals surface area contributed by atoms with Crippen LogP contribution in [-0.2, 0) is 19.6 Å². The Morgan fingerprint density at radius 3 is 2.69 bits per heavy atom. The maximum atomic E-state index is 12.8. The van der Waals surface area contributed by atoms with Crippen LogP contribution in [0.2, 0.25) is 0 Å². The lowest BCUT2D eigenvalue weighted by Gasteiger charge is -2.27. The van der Waals surface area contributed by atoms with Crippen molar-refractivity contribution >= 4 is 11.8 Å². The molecule has 0 atom stereocenters. The van der Waals surface area contributed by atoms with Crippen LogP contribution in [-0.4, -0.2) is 32.8 Å². The minimum atomic E-state index is -0.268. The fraction of sp³-hybridized carbons (Fsp3) is 0.261. The molecule has 1 aliphatic rings. The molecule has 0 radical (unpaired) electrons. The smallest absolute Gasteiger partial charge is 0.290 e. The molecule has 148 valence electrons. The summed E-state index contributed by atoms with van der Waals surface area (Å²) in [5.74, 6) is -0.0898. The van der Waals surface area contributed by atoms with Crippen molar-refractivity contribution in [3.63, 3.8) is 0 Å². The van der Waals surface area contributed by atoms with Gasteiger partial charge in [0.15, 0.2) is 5.82 Å². The number of carbonyl (C=O) groups excluding carboxylic acids is 2. The normalized spacial score (nSPS) is 13.3. The van der Waals surface area contributed by atoms with E-state index in [2.05, 4.69) is 22.4 Å². The van der Waals surface area contributed by atoms with Crippen molar-refractivity contribution in [3.8, 4) is 0 Å². The van der Waals surface area contributed by atoms with Crippen molar-refractivity contribution in [2.75, 3.05) is 6.54 Å². The largest absolute Gasteiger partial charge is 0.347 e. The van der Waals surface area contributed by atoms with Gasteiger partial charge in [0, 0.05) is 32.4 Å². The van der Waals surface area contributed by atoms with Crippen LogP contribution in [0, 0.1) is 13.8 Å². The van der Waals surface area contributed by atoms with Crippen molar-refractivity contribution in [3.05, 3.63) is 88.5 Å². The van der Waals surface area contributed by atoms with Gasteiger partial charge in [0.05, 0.1) is 0 Å². The monoisotopic (exact) mass is 388 g/mol. The Kier molecular flexibility index (Phi) is 5.16. The summed E-state index contributed by atoms with van der Waals surface area (Å²) in [5.41, 5.74) is 4.72. The third-order valence-electron chi connectivity index (χ3n) is 5.26. The van der Waals surface area contributed by atoms with E-state index in [1.165, 1.54) is 0 Å². The van der Waals surface area contributed by atoms with Crippen LogP contribution in [0.3, 0.4) is 0 Å². The molecule has 1 N–H and O–H groups in total. The van der Waals surface area contributed by atoms with Gasteiger partial charge in [-0.2, -0.15) is 0 Å². The van der Waals surface area contributed by atoms with Crippen molar-refractivity contribution in [1.82, 2.24) is 19.8 Å². The minimum Gasteiger partial charge on any atom is -0.347 e. The third-order valence-corrected chi connectivity index (χ3v) is 5.26. The summed E-state index contributed by atoms with van der Waals surface area (Å²) in [6.45, 7) is 6.26. The van der Waals surface area contributed by atoms with E-state index >= 15 is 0 Å². The Bertz CT molecular complexity index is 1060. The number of imidazole rings is 1. The average molecular weight is 388 g/mol. The zero-order valence-corrected chi connectivity index (χ0v) is 16.7. The lowest BCUT2D eigenvalue weighted by molar-refractivity contribution is 0.0683. The number of nitrogens with zero attached hydrogens (tertiary/aromatic N) is 3. The van der Waals surface area contributed by atoms with Crippen LogP contribution in [0.1, 0.15) is 43.4 Å². The van der Waals surface area contributed by atoms with Gasteiger partial charge in [-0.05, 0) is 30.5 Å². The Balaban J connectivity index is 1.45. The van der Waals surface area contributed by atoms with Crippen LogP contribution < -0.4 is 5.32 Å². The van der Waals surface area contributed by atoms with E-state index in [1.54, 1.807) is 15.7 Å². The molecule has 0 aliphatic carbocycles. The van der Waals surface area contributed by atoms with Gasteiger partial charge in [0.1, 0.15) is 5.69 Å². The SMILES string of the molecule is Cc1ccc(C)c(CNC(=O)c2cn3c(n2)C(=O)N(Cc2ccccc2)CC3)c1. The van der Waals surface area contributed by atoms with E-state index in [-0.39, 0.29) is 17.5 Å². The van der Waals surface area contributed by atoms with Crippen molar-refractivity contribution in [2.24, 2.45) is 0 Å². The third kappa shape index (κ3) is 4.06. The molecule has 4 rings (SSSR count). The summed E-state index contributed by atoms with van der Waals surface area (Å²) in [6, 6.07) is 16.0. The van der Waals surface area contributed by atoms with E-state index in [1.807, 2.05) is 50.2 Å². The molecule has 1 aliphatic heterocycles. The highest BCUT2D eigenvalue weighted by atomic mass is 16.2. The van der Waals surface area contributed by atoms with Gasteiger partial charge in [-0.15, -0.1) is 0 Å². The summed E-state index contributed by atoms with van der Waals surface area (Å²) >= 11 is 0. The molecule has 0 spiro atoms. The molecule has 0 bridgehead atoms. The van der Waals surface area contributed by atoms with Gasteiger partial charge < -0.3 is 14.8 Å². The maximum Gasteiger partial charge on any atom is 0.290 e. The summed E-state index contributed by atoms with van der Waals surface area (Å²) < 4.78 is 1.77. The molecule has 0 saturated heterocycles. The van der Waals surface area contributed by atoms with Crippen LogP contribution in [0.4, 0.5) is 0 Å². The average Bonchev–Trinajstić information content (AvgIpc) is 3.17. The van der Waals surface area contributed by atoms with E-state index < -0.39 is 0 Å². The molecular weight excluding hydrogens is 364 g/mol. The number of hydrogen-bond acceptors (Lipinski definition) is 3. The number of fused-ring (bicyclic) bond motifs is 1. The van der Waals surface area contributed by atoms with Gasteiger partial charge >= 0.3 is 0 Å². The lowest BCUT2D eigenvalue weighted by atomic mass is 10.1. The van der Waals surface area contributed by atoms with Gasteiger partial charge in [-0.1, -0.05) is 54.1 Å². The number of aromatic nitrogens is 2. The maximum absolute atomic E-state index is 12.8. The fourth-order valence-electron chi connectivity index (χ4n) is 3.55. The van der Waals surface area contributed by atoms with E-state index in [0.717, 1.165) is 22.3 Å². The van der Waals surface area contributed by atoms with Crippen molar-refractivity contribution in [1.29, 1.82) is 0 Å². The molecule has 29 heavy (non-hydrogen) atoms. The van der Waals surface area contributed by atoms with Crippen LogP contribution in [0.5, 0.6) is 0 Å². The summed E-state index contributed by atoms with van der Waals surface area (Å²) in [6.07, 6.45) is 1.67. The fourth-order valence-corrected chi connectivity index (χ4v) is 3.55. The van der Waals surface area contributed by atoms with Crippen LogP contribution >= 0.6 is 0 Å². The van der Waals surface area contributed by atoms with E-state index in [0.29, 0.717) is 32.0 Å². The molecule has 6 heteroatoms. The minimum absolute atomic E-state index is 0.145.